The highest BCUT2D eigenvalue weighted by Gasteiger charge is 2.63. The van der Waals surface area contributed by atoms with E-state index in [1.54, 1.807) is 38.5 Å². The predicted molar refractivity (Wildman–Crippen MR) is 72.4 cm³/mol. The quantitative estimate of drug-likeness (QED) is 0.737. The number of rotatable bonds is 1. The molecule has 1 aliphatic heterocycles. The van der Waals surface area contributed by atoms with Crippen LogP contribution in [0.5, 0.6) is 0 Å². The molecule has 1 saturated heterocycles. The first-order valence-corrected chi connectivity index (χ1v) is 8.56. The molecule has 8 bridgehead atoms. The topological polar surface area (TPSA) is 32.8 Å². The van der Waals surface area contributed by atoms with Crippen molar-refractivity contribution in [2.24, 2.45) is 47.3 Å². The lowest BCUT2D eigenvalue weighted by Gasteiger charge is -2.69. The second-order valence-corrected chi connectivity index (χ2v) is 8.27. The Kier molecular flexibility index (Phi) is 2.42. The van der Waals surface area contributed by atoms with Gasteiger partial charge in [-0.1, -0.05) is 0 Å². The van der Waals surface area contributed by atoms with Gasteiger partial charge in [0.15, 0.2) is 0 Å². The Bertz CT molecular complexity index is 288. The molecule has 7 saturated carbocycles. The summed E-state index contributed by atoms with van der Waals surface area (Å²) in [6.45, 7) is 0.955. The van der Waals surface area contributed by atoms with E-state index in [0.717, 1.165) is 6.61 Å². The Balaban J connectivity index is 0.000000152. The second-order valence-electron chi connectivity index (χ2n) is 8.27. The van der Waals surface area contributed by atoms with Gasteiger partial charge in [0, 0.05) is 0 Å². The summed E-state index contributed by atoms with van der Waals surface area (Å²) in [5, 5.41) is 8.08. The maximum Gasteiger partial charge on any atom is 0.104 e. The van der Waals surface area contributed by atoms with Crippen molar-refractivity contribution in [1.82, 2.24) is 0 Å². The van der Waals surface area contributed by atoms with Crippen LogP contribution in [0.4, 0.5) is 0 Å². The monoisotopic (exact) mass is 262 g/mol. The zero-order valence-electron chi connectivity index (χ0n) is 11.7. The molecule has 0 aromatic rings. The Morgan fingerprint density at radius 3 is 1.16 bits per heavy atom. The first-order chi connectivity index (χ1) is 9.33. The van der Waals surface area contributed by atoms with Crippen LogP contribution in [0.2, 0.25) is 0 Å². The number of aliphatic hydroxyl groups is 1. The van der Waals surface area contributed by atoms with Gasteiger partial charge in [-0.15, -0.1) is 0 Å². The average Bonchev–Trinajstić information content (AvgIpc) is 3.28. The van der Waals surface area contributed by atoms with E-state index in [4.69, 9.17) is 5.11 Å². The molecule has 1 atom stereocenters. The lowest BCUT2D eigenvalue weighted by molar-refractivity contribution is -0.202. The van der Waals surface area contributed by atoms with Crippen molar-refractivity contribution in [2.45, 2.75) is 44.6 Å². The molecule has 19 heavy (non-hydrogen) atoms. The van der Waals surface area contributed by atoms with E-state index in [9.17, 15) is 0 Å². The van der Waals surface area contributed by atoms with Crippen LogP contribution in [-0.2, 0) is 4.74 Å². The van der Waals surface area contributed by atoms with Crippen LogP contribution < -0.4 is 0 Å². The summed E-state index contributed by atoms with van der Waals surface area (Å²) in [6.07, 6.45) is 10.1. The fourth-order valence-electron chi connectivity index (χ4n) is 7.06. The molecule has 2 nitrogen and oxygen atoms in total. The number of ether oxygens (including phenoxy) is 1. The molecule has 0 aromatic heterocycles. The minimum Gasteiger partial charge on any atom is -0.394 e. The largest absolute Gasteiger partial charge is 0.394 e. The smallest absolute Gasteiger partial charge is 0.104 e. The van der Waals surface area contributed by atoms with Crippen molar-refractivity contribution in [1.29, 1.82) is 0 Å². The van der Waals surface area contributed by atoms with Crippen molar-refractivity contribution in [3.05, 3.63) is 0 Å². The second kappa shape index (κ2) is 3.98. The van der Waals surface area contributed by atoms with Crippen molar-refractivity contribution in [3.8, 4) is 0 Å². The Hall–Kier alpha value is -0.0800. The molecule has 7 aliphatic carbocycles. The molecule has 1 unspecified atom stereocenters. The van der Waals surface area contributed by atoms with Crippen molar-refractivity contribution < 1.29 is 9.84 Å². The zero-order valence-corrected chi connectivity index (χ0v) is 11.7. The van der Waals surface area contributed by atoms with E-state index in [-0.39, 0.29) is 12.7 Å². The van der Waals surface area contributed by atoms with Gasteiger partial charge >= 0.3 is 0 Å². The van der Waals surface area contributed by atoms with E-state index in [1.165, 1.54) is 47.3 Å². The molecule has 1 N–H and O–H groups in total. The zero-order chi connectivity index (χ0) is 12.6. The van der Waals surface area contributed by atoms with E-state index < -0.39 is 0 Å². The minimum atomic E-state index is 0.190. The van der Waals surface area contributed by atoms with Crippen LogP contribution in [0, 0.1) is 47.3 Å². The first kappa shape index (κ1) is 11.6. The van der Waals surface area contributed by atoms with Crippen LogP contribution in [0.25, 0.3) is 0 Å². The summed E-state index contributed by atoms with van der Waals surface area (Å²) in [6, 6.07) is 0. The molecule has 0 amide bonds. The van der Waals surface area contributed by atoms with E-state index in [0.29, 0.717) is 0 Å². The van der Waals surface area contributed by atoms with Crippen LogP contribution in [0.15, 0.2) is 0 Å². The molecule has 8 fully saturated rings. The number of aliphatic hydroxyl groups excluding tert-OH is 1. The SMILES string of the molecule is C1C2CC3C4CC5CC(C14)C(C2)C3C5.OCC1CO1. The van der Waals surface area contributed by atoms with E-state index in [2.05, 4.69) is 4.74 Å². The number of hydrogen-bond donors (Lipinski definition) is 1. The molecule has 8 rings (SSSR count). The highest BCUT2D eigenvalue weighted by atomic mass is 16.6. The van der Waals surface area contributed by atoms with Crippen LogP contribution in [-0.4, -0.2) is 24.4 Å². The summed E-state index contributed by atoms with van der Waals surface area (Å²) in [7, 11) is 0. The Morgan fingerprint density at radius 2 is 1.00 bits per heavy atom. The minimum absolute atomic E-state index is 0.190. The third-order valence-corrected chi connectivity index (χ3v) is 7.54. The summed E-state index contributed by atoms with van der Waals surface area (Å²) in [5.74, 6) is 9.74. The standard InChI is InChI=1S/C14H20.C3H6O2/c1-7-2-12-10-4-8-5-11(9(1)10)13(3-7)14(12)6-8;4-1-3-2-5-3/h7-14H,1-6H2;3-4H,1-2H2. The highest BCUT2D eigenvalue weighted by molar-refractivity contribution is 5.12. The van der Waals surface area contributed by atoms with Crippen LogP contribution >= 0.6 is 0 Å². The van der Waals surface area contributed by atoms with Crippen molar-refractivity contribution in [2.75, 3.05) is 13.2 Å². The molecule has 0 aromatic carbocycles. The Labute approximate surface area is 115 Å². The predicted octanol–water partition coefficient (Wildman–Crippen LogP) is 2.70. The summed E-state index contributed by atoms with van der Waals surface area (Å²) >= 11 is 0. The van der Waals surface area contributed by atoms with Gasteiger partial charge in [-0.3, -0.25) is 0 Å². The van der Waals surface area contributed by atoms with Gasteiger partial charge in [-0.2, -0.15) is 0 Å². The number of hydrogen-bond acceptors (Lipinski definition) is 2. The molecule has 1 heterocycles. The highest BCUT2D eigenvalue weighted by Crippen LogP contribution is 2.71. The summed E-state index contributed by atoms with van der Waals surface area (Å²) in [5.41, 5.74) is 0. The molecule has 0 radical (unpaired) electrons. The van der Waals surface area contributed by atoms with Gasteiger partial charge in [-0.05, 0) is 85.9 Å². The van der Waals surface area contributed by atoms with Crippen molar-refractivity contribution >= 4 is 0 Å². The molecular formula is C17H26O2. The maximum absolute atomic E-state index is 8.08. The fourth-order valence-corrected chi connectivity index (χ4v) is 7.06. The van der Waals surface area contributed by atoms with Crippen LogP contribution in [0.3, 0.4) is 0 Å². The average molecular weight is 262 g/mol. The van der Waals surface area contributed by atoms with E-state index >= 15 is 0 Å². The van der Waals surface area contributed by atoms with Crippen LogP contribution in [0.1, 0.15) is 38.5 Å². The molecule has 2 heteroatoms. The maximum atomic E-state index is 8.08. The Morgan fingerprint density at radius 1 is 0.684 bits per heavy atom. The summed E-state index contributed by atoms with van der Waals surface area (Å²) in [4.78, 5) is 0. The first-order valence-electron chi connectivity index (χ1n) is 8.56. The van der Waals surface area contributed by atoms with E-state index in [1.807, 2.05) is 0 Å². The molecular weight excluding hydrogens is 236 g/mol. The third-order valence-electron chi connectivity index (χ3n) is 7.54. The molecule has 0 spiro atoms. The van der Waals surface area contributed by atoms with Gasteiger partial charge in [0.1, 0.15) is 6.10 Å². The molecule has 106 valence electrons. The van der Waals surface area contributed by atoms with Gasteiger partial charge < -0.3 is 9.84 Å². The third kappa shape index (κ3) is 1.62. The van der Waals surface area contributed by atoms with Gasteiger partial charge in [0.05, 0.1) is 13.2 Å². The number of epoxide rings is 1. The van der Waals surface area contributed by atoms with Gasteiger partial charge in [0.2, 0.25) is 0 Å². The fraction of sp³-hybridized carbons (Fsp3) is 1.00. The molecule has 8 aliphatic rings. The van der Waals surface area contributed by atoms with Gasteiger partial charge in [0.25, 0.3) is 0 Å². The normalized spacial score (nSPS) is 62.1. The lowest BCUT2D eigenvalue weighted by atomic mass is 9.36. The van der Waals surface area contributed by atoms with Crippen molar-refractivity contribution in [3.63, 3.8) is 0 Å². The summed E-state index contributed by atoms with van der Waals surface area (Å²) < 4.78 is 4.61. The van der Waals surface area contributed by atoms with Gasteiger partial charge in [-0.25, -0.2) is 0 Å². The lowest BCUT2D eigenvalue weighted by Crippen LogP contribution is -2.62.